The molecule has 2 aromatic rings. The zero-order chi connectivity index (χ0) is 14.0. The number of nitrogens with zero attached hydrogens (tertiary/aromatic N) is 4. The van der Waals surface area contributed by atoms with Gasteiger partial charge in [0.25, 0.3) is 0 Å². The van der Waals surface area contributed by atoms with Gasteiger partial charge >= 0.3 is 0 Å². The summed E-state index contributed by atoms with van der Waals surface area (Å²) in [6.07, 6.45) is 0. The van der Waals surface area contributed by atoms with Gasteiger partial charge in [-0.05, 0) is 16.2 Å². The van der Waals surface area contributed by atoms with Crippen molar-refractivity contribution in [1.29, 1.82) is 0 Å². The number of tetrazole rings is 1. The Morgan fingerprint density at radius 2 is 1.89 bits per heavy atom. The van der Waals surface area contributed by atoms with Crippen molar-refractivity contribution in [3.05, 3.63) is 29.8 Å². The quantitative estimate of drug-likeness (QED) is 0.796. The number of aromatic nitrogens is 4. The maximum Gasteiger partial charge on any atom is 0.204 e. The molecule has 0 spiro atoms. The zero-order valence-electron chi connectivity index (χ0n) is 11.1. The van der Waals surface area contributed by atoms with Gasteiger partial charge in [-0.25, -0.2) is 0 Å². The van der Waals surface area contributed by atoms with Gasteiger partial charge in [-0.1, -0.05) is 45.0 Å². The van der Waals surface area contributed by atoms with Crippen molar-refractivity contribution in [3.8, 4) is 11.4 Å². The first-order valence-electron chi connectivity index (χ1n) is 5.95. The fourth-order valence-electron chi connectivity index (χ4n) is 1.66. The molecular formula is C13H15N4O2-. The second-order valence-electron chi connectivity index (χ2n) is 5.34. The Balaban J connectivity index is 2.23. The first kappa shape index (κ1) is 13.2. The fourth-order valence-corrected chi connectivity index (χ4v) is 1.66. The molecule has 0 unspecified atom stereocenters. The molecule has 0 bridgehead atoms. The molecule has 0 amide bonds. The van der Waals surface area contributed by atoms with E-state index < -0.39 is 12.5 Å². The third-order valence-electron chi connectivity index (χ3n) is 2.73. The van der Waals surface area contributed by atoms with E-state index in [9.17, 15) is 9.90 Å². The molecule has 6 nitrogen and oxygen atoms in total. The molecule has 0 aliphatic carbocycles. The molecule has 0 aliphatic rings. The number of carboxylic acid groups (broad SMARTS) is 1. The van der Waals surface area contributed by atoms with Crippen molar-refractivity contribution in [3.63, 3.8) is 0 Å². The summed E-state index contributed by atoms with van der Waals surface area (Å²) in [7, 11) is 0. The SMILES string of the molecule is CC(C)(C)c1ccc(-c2nnn(CC(=O)[O-])n2)cc1. The minimum absolute atomic E-state index is 0.0819. The van der Waals surface area contributed by atoms with E-state index in [1.54, 1.807) is 0 Å². The van der Waals surface area contributed by atoms with Crippen molar-refractivity contribution >= 4 is 5.97 Å². The van der Waals surface area contributed by atoms with Crippen molar-refractivity contribution in [1.82, 2.24) is 20.2 Å². The van der Waals surface area contributed by atoms with E-state index in [-0.39, 0.29) is 5.41 Å². The molecule has 1 heterocycles. The zero-order valence-corrected chi connectivity index (χ0v) is 11.1. The molecule has 0 atom stereocenters. The summed E-state index contributed by atoms with van der Waals surface area (Å²) in [5.41, 5.74) is 2.09. The van der Waals surface area contributed by atoms with Crippen molar-refractivity contribution in [2.75, 3.05) is 0 Å². The monoisotopic (exact) mass is 259 g/mol. The van der Waals surface area contributed by atoms with Gasteiger partial charge in [-0.3, -0.25) is 0 Å². The van der Waals surface area contributed by atoms with Crippen LogP contribution in [0.1, 0.15) is 26.3 Å². The summed E-state index contributed by atoms with van der Waals surface area (Å²) >= 11 is 0. The van der Waals surface area contributed by atoms with Crippen LogP contribution in [-0.2, 0) is 16.8 Å². The van der Waals surface area contributed by atoms with Gasteiger partial charge < -0.3 is 9.90 Å². The number of hydrogen-bond acceptors (Lipinski definition) is 5. The highest BCUT2D eigenvalue weighted by Gasteiger charge is 2.14. The van der Waals surface area contributed by atoms with E-state index in [2.05, 4.69) is 36.2 Å². The average Bonchev–Trinajstić information content (AvgIpc) is 2.75. The molecule has 6 heteroatoms. The number of carboxylic acids is 1. The van der Waals surface area contributed by atoms with Crippen LogP contribution in [0.15, 0.2) is 24.3 Å². The maximum atomic E-state index is 10.4. The largest absolute Gasteiger partial charge is 0.548 e. The van der Waals surface area contributed by atoms with Crippen molar-refractivity contribution in [2.45, 2.75) is 32.7 Å². The van der Waals surface area contributed by atoms with E-state index >= 15 is 0 Å². The Labute approximate surface area is 111 Å². The minimum atomic E-state index is -1.24. The summed E-state index contributed by atoms with van der Waals surface area (Å²) in [5.74, 6) is -0.839. The molecule has 1 aromatic heterocycles. The van der Waals surface area contributed by atoms with Gasteiger partial charge in [-0.2, -0.15) is 4.80 Å². The van der Waals surface area contributed by atoms with Gasteiger partial charge in [0.1, 0.15) is 6.54 Å². The summed E-state index contributed by atoms with van der Waals surface area (Å²) in [6.45, 7) is 6.01. The Hall–Kier alpha value is -2.24. The Morgan fingerprint density at radius 1 is 1.26 bits per heavy atom. The predicted octanol–water partition coefficient (Wildman–Crippen LogP) is 0.387. The van der Waals surface area contributed by atoms with Gasteiger partial charge in [0.2, 0.25) is 5.82 Å². The van der Waals surface area contributed by atoms with Crippen LogP contribution >= 0.6 is 0 Å². The lowest BCUT2D eigenvalue weighted by Crippen LogP contribution is -2.28. The standard InChI is InChI=1S/C13H16N4O2/c1-13(2,3)10-6-4-9(5-7-10)12-14-16-17(15-12)8-11(18)19/h4-7H,8H2,1-3H3,(H,18,19)/p-1. The third kappa shape index (κ3) is 3.15. The highest BCUT2D eigenvalue weighted by atomic mass is 16.4. The van der Waals surface area contributed by atoms with Crippen LogP contribution in [0.4, 0.5) is 0 Å². The molecule has 0 saturated heterocycles. The summed E-state index contributed by atoms with van der Waals surface area (Å²) in [4.78, 5) is 11.4. The number of hydrogen-bond donors (Lipinski definition) is 0. The first-order valence-corrected chi connectivity index (χ1v) is 5.95. The highest BCUT2D eigenvalue weighted by Crippen LogP contribution is 2.24. The molecule has 0 N–H and O–H groups in total. The van der Waals surface area contributed by atoms with Crippen LogP contribution in [0, 0.1) is 0 Å². The first-order chi connectivity index (χ1) is 8.86. The Morgan fingerprint density at radius 3 is 2.42 bits per heavy atom. The predicted molar refractivity (Wildman–Crippen MR) is 67.0 cm³/mol. The summed E-state index contributed by atoms with van der Waals surface area (Å²) < 4.78 is 0. The number of aliphatic carboxylic acids is 1. The molecule has 0 saturated carbocycles. The number of carbonyl (C=O) groups is 1. The molecule has 1 aromatic carbocycles. The Bertz CT molecular complexity index is 581. The lowest BCUT2D eigenvalue weighted by molar-refractivity contribution is -0.307. The molecule has 19 heavy (non-hydrogen) atoms. The van der Waals surface area contributed by atoms with Crippen LogP contribution in [0.25, 0.3) is 11.4 Å². The summed E-state index contributed by atoms with van der Waals surface area (Å²) in [6, 6.07) is 7.82. The molecule has 0 fully saturated rings. The molecule has 0 aliphatic heterocycles. The van der Waals surface area contributed by atoms with E-state index in [1.807, 2.05) is 24.3 Å². The van der Waals surface area contributed by atoms with Crippen LogP contribution in [-0.4, -0.2) is 26.2 Å². The number of rotatable bonds is 3. The number of benzene rings is 1. The van der Waals surface area contributed by atoms with E-state index in [0.29, 0.717) is 5.82 Å². The van der Waals surface area contributed by atoms with Crippen LogP contribution in [0.2, 0.25) is 0 Å². The Kier molecular flexibility index (Phi) is 3.33. The molecular weight excluding hydrogens is 244 g/mol. The van der Waals surface area contributed by atoms with Crippen LogP contribution in [0.5, 0.6) is 0 Å². The fraction of sp³-hybridized carbons (Fsp3) is 0.385. The highest BCUT2D eigenvalue weighted by molar-refractivity contribution is 5.63. The van der Waals surface area contributed by atoms with Gasteiger partial charge in [0.05, 0.1) is 5.97 Å². The van der Waals surface area contributed by atoms with E-state index in [4.69, 9.17) is 0 Å². The van der Waals surface area contributed by atoms with Crippen LogP contribution in [0.3, 0.4) is 0 Å². The van der Waals surface area contributed by atoms with Crippen molar-refractivity contribution in [2.24, 2.45) is 0 Å². The van der Waals surface area contributed by atoms with E-state index in [0.717, 1.165) is 10.4 Å². The third-order valence-corrected chi connectivity index (χ3v) is 2.73. The topological polar surface area (TPSA) is 83.7 Å². The lowest BCUT2D eigenvalue weighted by atomic mass is 9.87. The molecule has 2 rings (SSSR count). The van der Waals surface area contributed by atoms with Gasteiger partial charge in [0.15, 0.2) is 0 Å². The van der Waals surface area contributed by atoms with Crippen LogP contribution < -0.4 is 5.11 Å². The minimum Gasteiger partial charge on any atom is -0.548 e. The second-order valence-corrected chi connectivity index (χ2v) is 5.34. The summed E-state index contributed by atoms with van der Waals surface area (Å²) in [5, 5.41) is 21.9. The molecule has 100 valence electrons. The normalized spacial score (nSPS) is 11.5. The van der Waals surface area contributed by atoms with E-state index in [1.165, 1.54) is 5.56 Å². The number of carbonyl (C=O) groups excluding carboxylic acids is 1. The smallest absolute Gasteiger partial charge is 0.204 e. The second kappa shape index (κ2) is 4.79. The average molecular weight is 259 g/mol. The maximum absolute atomic E-state index is 10.4. The van der Waals surface area contributed by atoms with Gasteiger partial charge in [0, 0.05) is 5.56 Å². The molecule has 0 radical (unpaired) electrons. The van der Waals surface area contributed by atoms with Gasteiger partial charge in [-0.15, -0.1) is 10.2 Å². The lowest BCUT2D eigenvalue weighted by Gasteiger charge is -2.18. The van der Waals surface area contributed by atoms with Crippen molar-refractivity contribution < 1.29 is 9.90 Å².